The van der Waals surface area contributed by atoms with E-state index in [2.05, 4.69) is 0 Å². The van der Waals surface area contributed by atoms with Gasteiger partial charge in [0.15, 0.2) is 11.4 Å². The highest BCUT2D eigenvalue weighted by Gasteiger charge is 2.60. The van der Waals surface area contributed by atoms with Crippen LogP contribution in [0.4, 0.5) is 0 Å². The van der Waals surface area contributed by atoms with E-state index in [4.69, 9.17) is 17.3 Å². The third-order valence-electron chi connectivity index (χ3n) is 7.31. The summed E-state index contributed by atoms with van der Waals surface area (Å²) >= 11 is 5.94. The number of aliphatic hydroxyl groups is 3. The number of hydrogen-bond donors (Lipinski definition) is 5. The molecule has 0 aliphatic heterocycles. The number of ketones is 2. The number of amides is 1. The number of Topliss-reactive ketones (excluding diaryl/α,β-unsaturated/α-hetero) is 2. The number of nitrogens with two attached hydrogens (primary N) is 1. The molecule has 0 aromatic heterocycles. The molecule has 8 nitrogen and oxygen atoms in total. The number of halogens is 1. The Morgan fingerprint density at radius 2 is 1.72 bits per heavy atom. The van der Waals surface area contributed by atoms with Crippen molar-refractivity contribution in [3.05, 3.63) is 80.6 Å². The molecule has 0 saturated heterocycles. The van der Waals surface area contributed by atoms with Crippen molar-refractivity contribution < 1.29 is 34.8 Å². The quantitative estimate of drug-likeness (QED) is 0.315. The molecule has 0 radical (unpaired) electrons. The zero-order valence-corrected chi connectivity index (χ0v) is 19.6. The van der Waals surface area contributed by atoms with Gasteiger partial charge in [-0.15, -0.1) is 0 Å². The van der Waals surface area contributed by atoms with Crippen molar-refractivity contribution in [3.8, 4) is 5.75 Å². The Hall–Kier alpha value is -3.88. The Morgan fingerprint density at radius 3 is 2.39 bits per heavy atom. The summed E-state index contributed by atoms with van der Waals surface area (Å²) in [6.45, 7) is 0. The monoisotopic (exact) mass is 507 g/mol. The Morgan fingerprint density at radius 1 is 1.03 bits per heavy atom. The molecular weight excluding hydrogens is 486 g/mol. The number of rotatable bonds is 3. The van der Waals surface area contributed by atoms with Crippen LogP contribution in [0.25, 0.3) is 17.9 Å². The van der Waals surface area contributed by atoms with Gasteiger partial charge in [0.2, 0.25) is 5.78 Å². The maximum atomic E-state index is 13.5. The molecule has 3 aliphatic carbocycles. The van der Waals surface area contributed by atoms with Crippen molar-refractivity contribution in [1.29, 1.82) is 0 Å². The van der Waals surface area contributed by atoms with Crippen LogP contribution in [-0.4, -0.2) is 43.5 Å². The number of hydrogen-bond acceptors (Lipinski definition) is 7. The predicted molar refractivity (Wildman–Crippen MR) is 132 cm³/mol. The van der Waals surface area contributed by atoms with Crippen molar-refractivity contribution >= 4 is 47.0 Å². The highest BCUT2D eigenvalue weighted by molar-refractivity contribution is 6.30. The van der Waals surface area contributed by atoms with Crippen molar-refractivity contribution in [2.45, 2.75) is 24.9 Å². The van der Waals surface area contributed by atoms with Crippen LogP contribution in [0, 0.1) is 11.8 Å². The Bertz CT molecular complexity index is 1440. The van der Waals surface area contributed by atoms with Crippen LogP contribution < -0.4 is 5.73 Å². The molecule has 2 aromatic rings. The molecule has 1 saturated carbocycles. The average Bonchev–Trinajstić information content (AvgIpc) is 2.81. The number of aromatic hydroxyl groups is 1. The number of aliphatic hydroxyl groups excluding tert-OH is 2. The molecule has 0 spiro atoms. The van der Waals surface area contributed by atoms with E-state index in [1.807, 2.05) is 24.3 Å². The second-order valence-electron chi connectivity index (χ2n) is 9.32. The number of carbonyl (C=O) groups excluding carboxylic acids is 3. The van der Waals surface area contributed by atoms with Crippen LogP contribution in [0.5, 0.6) is 5.75 Å². The third-order valence-corrected chi connectivity index (χ3v) is 7.56. The van der Waals surface area contributed by atoms with Gasteiger partial charge >= 0.3 is 0 Å². The first-order chi connectivity index (χ1) is 17.0. The van der Waals surface area contributed by atoms with Gasteiger partial charge in [-0.3, -0.25) is 14.4 Å². The van der Waals surface area contributed by atoms with Gasteiger partial charge in [0, 0.05) is 22.9 Å². The maximum Gasteiger partial charge on any atom is 0.255 e. The normalized spacial score (nSPS) is 25.6. The van der Waals surface area contributed by atoms with Gasteiger partial charge in [-0.05, 0) is 53.6 Å². The zero-order valence-electron chi connectivity index (χ0n) is 18.9. The molecular formula is C27H22ClNO7. The van der Waals surface area contributed by atoms with E-state index < -0.39 is 52.0 Å². The summed E-state index contributed by atoms with van der Waals surface area (Å²) in [6.07, 6.45) is 3.63. The number of fused-ring (bicyclic) bond motifs is 3. The second kappa shape index (κ2) is 8.36. The van der Waals surface area contributed by atoms with Gasteiger partial charge in [-0.1, -0.05) is 42.0 Å². The minimum atomic E-state index is -2.57. The lowest BCUT2D eigenvalue weighted by Gasteiger charge is -2.46. The van der Waals surface area contributed by atoms with E-state index in [9.17, 15) is 34.8 Å². The van der Waals surface area contributed by atoms with Crippen molar-refractivity contribution in [3.63, 3.8) is 0 Å². The van der Waals surface area contributed by atoms with E-state index in [0.717, 1.165) is 5.56 Å². The van der Waals surface area contributed by atoms with Gasteiger partial charge in [0.1, 0.15) is 22.8 Å². The molecule has 3 atom stereocenters. The predicted octanol–water partition coefficient (Wildman–Crippen LogP) is 3.25. The van der Waals surface area contributed by atoms with Gasteiger partial charge in [-0.2, -0.15) is 0 Å². The Kier molecular flexibility index (Phi) is 5.54. The lowest BCUT2D eigenvalue weighted by atomic mass is 9.59. The van der Waals surface area contributed by atoms with Gasteiger partial charge < -0.3 is 26.2 Å². The van der Waals surface area contributed by atoms with Gasteiger partial charge in [0.05, 0.1) is 5.56 Å². The zero-order chi connectivity index (χ0) is 25.9. The van der Waals surface area contributed by atoms with E-state index in [1.165, 1.54) is 6.07 Å². The first kappa shape index (κ1) is 23.8. The summed E-state index contributed by atoms with van der Waals surface area (Å²) in [7, 11) is 0. The molecule has 36 heavy (non-hydrogen) atoms. The van der Waals surface area contributed by atoms with Crippen LogP contribution in [-0.2, 0) is 20.8 Å². The number of benzene rings is 2. The summed E-state index contributed by atoms with van der Waals surface area (Å²) in [5.41, 5.74) is 3.89. The fourth-order valence-corrected chi connectivity index (χ4v) is 5.69. The second-order valence-corrected chi connectivity index (χ2v) is 9.76. The molecule has 0 unspecified atom stereocenters. The summed E-state index contributed by atoms with van der Waals surface area (Å²) < 4.78 is 0. The largest absolute Gasteiger partial charge is 0.508 e. The fourth-order valence-electron chi connectivity index (χ4n) is 5.56. The fraction of sp³-hybridized carbons (Fsp3) is 0.222. The first-order valence-corrected chi connectivity index (χ1v) is 11.7. The molecule has 1 fully saturated rings. The summed E-state index contributed by atoms with van der Waals surface area (Å²) in [6, 6.07) is 10.3. The van der Waals surface area contributed by atoms with Crippen LogP contribution in [0.1, 0.15) is 35.1 Å². The minimum absolute atomic E-state index is 0.0559. The van der Waals surface area contributed by atoms with Gasteiger partial charge in [-0.25, -0.2) is 0 Å². The summed E-state index contributed by atoms with van der Waals surface area (Å²) in [5, 5.41) is 44.2. The molecule has 9 heteroatoms. The number of carbonyl (C=O) groups is 3. The molecule has 0 bridgehead atoms. The number of phenolic OH excluding ortho intramolecular Hbond substituents is 1. The number of phenols is 1. The molecule has 184 valence electrons. The maximum absolute atomic E-state index is 13.5. The SMILES string of the molecule is NC(=O)C1=C(O)[C@@]2(O)C(=O)C3=C(O)c4c(O)ccc(/C=C/c5ccc(Cl)cc5)c4C[C@H]3C[C@H]2CC1=O. The molecule has 0 heterocycles. The standard InChI is InChI=1S/C27H22ClNO7/c28-16-6-2-12(3-7-16)1-4-13-5-8-18(30)21-17(13)10-14-9-15-11-19(31)22(26(29)35)25(34)27(15,36)24(33)20(14)23(21)32/h1-8,14-15,30,32,34,36H,9-11H2,(H2,29,35)/b4-1+/t14-,15+,27+/m1/s1. The number of primary amides is 1. The third kappa shape index (κ3) is 3.44. The van der Waals surface area contributed by atoms with Crippen molar-refractivity contribution in [2.75, 3.05) is 0 Å². The van der Waals surface area contributed by atoms with Crippen LogP contribution in [0.2, 0.25) is 5.02 Å². The van der Waals surface area contributed by atoms with E-state index in [-0.39, 0.29) is 36.1 Å². The molecule has 1 amide bonds. The minimum Gasteiger partial charge on any atom is -0.508 e. The first-order valence-electron chi connectivity index (χ1n) is 11.3. The van der Waals surface area contributed by atoms with Gasteiger partial charge in [0.25, 0.3) is 5.91 Å². The Balaban J connectivity index is 1.62. The van der Waals surface area contributed by atoms with Crippen LogP contribution >= 0.6 is 11.6 Å². The topological polar surface area (TPSA) is 158 Å². The lowest BCUT2D eigenvalue weighted by Crippen LogP contribution is -2.58. The van der Waals surface area contributed by atoms with Crippen LogP contribution in [0.3, 0.4) is 0 Å². The van der Waals surface area contributed by atoms with Crippen LogP contribution in [0.15, 0.2) is 53.3 Å². The average molecular weight is 508 g/mol. The van der Waals surface area contributed by atoms with E-state index >= 15 is 0 Å². The highest BCUT2D eigenvalue weighted by atomic mass is 35.5. The smallest absolute Gasteiger partial charge is 0.255 e. The lowest BCUT2D eigenvalue weighted by molar-refractivity contribution is -0.147. The highest BCUT2D eigenvalue weighted by Crippen LogP contribution is 2.52. The van der Waals surface area contributed by atoms with Crippen molar-refractivity contribution in [1.82, 2.24) is 0 Å². The summed E-state index contributed by atoms with van der Waals surface area (Å²) in [5.74, 6) is -6.46. The molecule has 5 rings (SSSR count). The van der Waals surface area contributed by atoms with Crippen molar-refractivity contribution in [2.24, 2.45) is 17.6 Å². The molecule has 6 N–H and O–H groups in total. The summed E-state index contributed by atoms with van der Waals surface area (Å²) in [4.78, 5) is 37.7. The van der Waals surface area contributed by atoms with E-state index in [1.54, 1.807) is 18.2 Å². The molecule has 2 aromatic carbocycles. The Labute approximate surface area is 210 Å². The van der Waals surface area contributed by atoms with E-state index in [0.29, 0.717) is 16.1 Å². The molecule has 3 aliphatic rings.